The minimum absolute atomic E-state index is 0.253. The molecule has 4 heteroatoms. The van der Waals surface area contributed by atoms with E-state index >= 15 is 0 Å². The number of aromatic nitrogens is 2. The number of nitrogens with zero attached hydrogens (tertiary/aromatic N) is 2. The number of nitrogen functional groups attached to an aromatic ring is 1. The maximum atomic E-state index is 13.7. The standard InChI is InChI=1S/C17H16FN3/c1-11-3-7-14(8-4-11)21-10-16(19)17(20-21)13-6-5-12(2)15(18)9-13/h3-10H,19H2,1-2H3. The van der Waals surface area contributed by atoms with Crippen LogP contribution in [0.15, 0.2) is 48.7 Å². The Kier molecular flexibility index (Phi) is 3.22. The van der Waals surface area contributed by atoms with Crippen LogP contribution < -0.4 is 5.73 Å². The molecule has 0 saturated heterocycles. The molecule has 0 atom stereocenters. The molecule has 0 radical (unpaired) electrons. The topological polar surface area (TPSA) is 43.8 Å². The molecule has 21 heavy (non-hydrogen) atoms. The van der Waals surface area contributed by atoms with Crippen molar-refractivity contribution in [3.05, 3.63) is 65.6 Å². The lowest BCUT2D eigenvalue weighted by Crippen LogP contribution is -1.95. The van der Waals surface area contributed by atoms with Crippen LogP contribution >= 0.6 is 0 Å². The molecule has 3 rings (SSSR count). The van der Waals surface area contributed by atoms with Crippen molar-refractivity contribution in [2.75, 3.05) is 5.73 Å². The summed E-state index contributed by atoms with van der Waals surface area (Å²) in [6.07, 6.45) is 1.75. The molecule has 0 aliphatic heterocycles. The highest BCUT2D eigenvalue weighted by Crippen LogP contribution is 2.26. The van der Waals surface area contributed by atoms with Crippen LogP contribution in [0.3, 0.4) is 0 Å². The fourth-order valence-electron chi connectivity index (χ4n) is 2.18. The molecule has 0 fully saturated rings. The number of anilines is 1. The van der Waals surface area contributed by atoms with Gasteiger partial charge in [-0.2, -0.15) is 5.10 Å². The molecule has 0 unspecified atom stereocenters. The van der Waals surface area contributed by atoms with Crippen LogP contribution in [-0.4, -0.2) is 9.78 Å². The fourth-order valence-corrected chi connectivity index (χ4v) is 2.18. The van der Waals surface area contributed by atoms with Gasteiger partial charge in [-0.25, -0.2) is 9.07 Å². The second-order valence-corrected chi connectivity index (χ2v) is 5.18. The van der Waals surface area contributed by atoms with E-state index in [1.807, 2.05) is 37.3 Å². The largest absolute Gasteiger partial charge is 0.396 e. The normalized spacial score (nSPS) is 10.8. The van der Waals surface area contributed by atoms with Gasteiger partial charge in [-0.05, 0) is 37.6 Å². The first-order chi connectivity index (χ1) is 10.0. The van der Waals surface area contributed by atoms with Gasteiger partial charge in [-0.15, -0.1) is 0 Å². The van der Waals surface area contributed by atoms with Crippen LogP contribution in [0.1, 0.15) is 11.1 Å². The van der Waals surface area contributed by atoms with E-state index in [1.165, 1.54) is 11.6 Å². The molecule has 1 heterocycles. The quantitative estimate of drug-likeness (QED) is 0.774. The van der Waals surface area contributed by atoms with Crippen molar-refractivity contribution >= 4 is 5.69 Å². The number of nitrogens with two attached hydrogens (primary N) is 1. The van der Waals surface area contributed by atoms with Crippen molar-refractivity contribution in [1.82, 2.24) is 9.78 Å². The summed E-state index contributed by atoms with van der Waals surface area (Å²) in [5.74, 6) is -0.253. The molecule has 0 aliphatic rings. The summed E-state index contributed by atoms with van der Waals surface area (Å²) in [4.78, 5) is 0. The minimum Gasteiger partial charge on any atom is -0.396 e. The fraction of sp³-hybridized carbons (Fsp3) is 0.118. The first-order valence-corrected chi connectivity index (χ1v) is 6.73. The maximum Gasteiger partial charge on any atom is 0.126 e. The van der Waals surface area contributed by atoms with E-state index < -0.39 is 0 Å². The molecule has 2 aromatic carbocycles. The van der Waals surface area contributed by atoms with E-state index in [0.29, 0.717) is 22.5 Å². The predicted octanol–water partition coefficient (Wildman–Crippen LogP) is 3.88. The van der Waals surface area contributed by atoms with E-state index in [2.05, 4.69) is 5.10 Å². The predicted molar refractivity (Wildman–Crippen MR) is 82.8 cm³/mol. The van der Waals surface area contributed by atoms with Crippen molar-refractivity contribution < 1.29 is 4.39 Å². The van der Waals surface area contributed by atoms with Gasteiger partial charge in [0.05, 0.1) is 17.6 Å². The van der Waals surface area contributed by atoms with Gasteiger partial charge in [0.15, 0.2) is 0 Å². The minimum atomic E-state index is -0.253. The summed E-state index contributed by atoms with van der Waals surface area (Å²) < 4.78 is 15.4. The summed E-state index contributed by atoms with van der Waals surface area (Å²) in [5.41, 5.74) is 10.5. The van der Waals surface area contributed by atoms with Crippen molar-refractivity contribution in [1.29, 1.82) is 0 Å². The molecule has 2 N–H and O–H groups in total. The van der Waals surface area contributed by atoms with Crippen molar-refractivity contribution in [3.8, 4) is 16.9 Å². The van der Waals surface area contributed by atoms with Crippen LogP contribution in [0.4, 0.5) is 10.1 Å². The Morgan fingerprint density at radius 2 is 1.76 bits per heavy atom. The number of aryl methyl sites for hydroxylation is 2. The highest BCUT2D eigenvalue weighted by Gasteiger charge is 2.11. The summed E-state index contributed by atoms with van der Waals surface area (Å²) in [5, 5.41) is 4.48. The number of rotatable bonds is 2. The maximum absolute atomic E-state index is 13.7. The Hall–Kier alpha value is -2.62. The van der Waals surface area contributed by atoms with Crippen LogP contribution in [-0.2, 0) is 0 Å². The third-order valence-electron chi connectivity index (χ3n) is 3.49. The summed E-state index contributed by atoms with van der Waals surface area (Å²) in [6, 6.07) is 13.0. The van der Waals surface area contributed by atoms with Gasteiger partial charge in [0.2, 0.25) is 0 Å². The third kappa shape index (κ3) is 2.52. The SMILES string of the molecule is Cc1ccc(-n2cc(N)c(-c3ccc(C)c(F)c3)n2)cc1. The van der Waals surface area contributed by atoms with Crippen LogP contribution in [0.5, 0.6) is 0 Å². The lowest BCUT2D eigenvalue weighted by Gasteiger charge is -2.02. The molecule has 0 bridgehead atoms. The Labute approximate surface area is 122 Å². The molecule has 0 saturated carbocycles. The van der Waals surface area contributed by atoms with E-state index in [4.69, 9.17) is 5.73 Å². The number of hydrogen-bond donors (Lipinski definition) is 1. The van der Waals surface area contributed by atoms with Crippen LogP contribution in [0, 0.1) is 19.7 Å². The molecule has 0 spiro atoms. The molecular formula is C17H16FN3. The zero-order valence-electron chi connectivity index (χ0n) is 12.0. The monoisotopic (exact) mass is 281 g/mol. The average molecular weight is 281 g/mol. The van der Waals surface area contributed by atoms with E-state index in [0.717, 1.165) is 5.69 Å². The zero-order valence-corrected chi connectivity index (χ0v) is 12.0. The number of halogens is 1. The molecule has 106 valence electrons. The van der Waals surface area contributed by atoms with Gasteiger partial charge in [0.1, 0.15) is 11.5 Å². The highest BCUT2D eigenvalue weighted by atomic mass is 19.1. The molecule has 1 aromatic heterocycles. The Balaban J connectivity index is 2.05. The Morgan fingerprint density at radius 3 is 2.43 bits per heavy atom. The van der Waals surface area contributed by atoms with Crippen molar-refractivity contribution in [2.24, 2.45) is 0 Å². The van der Waals surface area contributed by atoms with E-state index in [-0.39, 0.29) is 5.82 Å². The Morgan fingerprint density at radius 1 is 1.05 bits per heavy atom. The summed E-state index contributed by atoms with van der Waals surface area (Å²) in [6.45, 7) is 3.76. The first kappa shape index (κ1) is 13.4. The summed E-state index contributed by atoms with van der Waals surface area (Å²) >= 11 is 0. The lowest BCUT2D eigenvalue weighted by atomic mass is 10.1. The smallest absolute Gasteiger partial charge is 0.126 e. The van der Waals surface area contributed by atoms with Crippen molar-refractivity contribution in [3.63, 3.8) is 0 Å². The van der Waals surface area contributed by atoms with Gasteiger partial charge in [0.25, 0.3) is 0 Å². The number of benzene rings is 2. The van der Waals surface area contributed by atoms with Gasteiger partial charge < -0.3 is 5.73 Å². The molecule has 0 amide bonds. The van der Waals surface area contributed by atoms with E-state index in [1.54, 1.807) is 23.9 Å². The highest BCUT2D eigenvalue weighted by molar-refractivity contribution is 5.72. The molecule has 0 aliphatic carbocycles. The Bertz CT molecular complexity index is 788. The van der Waals surface area contributed by atoms with Gasteiger partial charge >= 0.3 is 0 Å². The van der Waals surface area contributed by atoms with Crippen LogP contribution in [0.25, 0.3) is 16.9 Å². The van der Waals surface area contributed by atoms with Gasteiger partial charge in [-0.1, -0.05) is 29.8 Å². The second-order valence-electron chi connectivity index (χ2n) is 5.18. The van der Waals surface area contributed by atoms with Gasteiger partial charge in [0, 0.05) is 5.56 Å². The molecule has 3 aromatic rings. The average Bonchev–Trinajstić information content (AvgIpc) is 2.85. The number of hydrogen-bond acceptors (Lipinski definition) is 2. The molecule has 3 nitrogen and oxygen atoms in total. The second kappa shape index (κ2) is 5.05. The lowest BCUT2D eigenvalue weighted by molar-refractivity contribution is 0.619. The zero-order chi connectivity index (χ0) is 15.0. The van der Waals surface area contributed by atoms with E-state index in [9.17, 15) is 4.39 Å². The summed E-state index contributed by atoms with van der Waals surface area (Å²) in [7, 11) is 0. The van der Waals surface area contributed by atoms with Crippen LogP contribution in [0.2, 0.25) is 0 Å². The first-order valence-electron chi connectivity index (χ1n) is 6.73. The third-order valence-corrected chi connectivity index (χ3v) is 3.49. The van der Waals surface area contributed by atoms with Gasteiger partial charge in [-0.3, -0.25) is 0 Å². The van der Waals surface area contributed by atoms with Crippen molar-refractivity contribution in [2.45, 2.75) is 13.8 Å². The molecular weight excluding hydrogens is 265 g/mol.